The highest BCUT2D eigenvalue weighted by molar-refractivity contribution is 7.98. The monoisotopic (exact) mass is 577 g/mol. The molecule has 2 unspecified atom stereocenters. The zero-order valence-electron chi connectivity index (χ0n) is 25.2. The number of nitrogens with zero attached hydrogens (tertiary/aromatic N) is 1. The number of nitrogens with one attached hydrogen (secondary N) is 2. The summed E-state index contributed by atoms with van der Waals surface area (Å²) in [5, 5.41) is 7.96. The van der Waals surface area contributed by atoms with Gasteiger partial charge in [0.15, 0.2) is 0 Å². The number of carbonyl (C=O) groups is 3. The number of alkyl carbamates (subject to hydrolysis) is 1. The fraction of sp³-hybridized carbons (Fsp3) is 0.424. The molecule has 3 amide bonds. The molecule has 0 aromatic heterocycles. The van der Waals surface area contributed by atoms with Crippen molar-refractivity contribution in [2.75, 3.05) is 23.9 Å². The Hall–Kier alpha value is -3.52. The molecule has 0 bridgehead atoms. The standard InChI is InChI=1S/C33H43N3O4S/c1-8-19-36(31(38)27(18-20-41-7)35-32(39)40-33(4,5)6)29(28-22(2)12-11-13-23(28)3)30(37)34-26-17-16-24-14-9-10-15-25(24)21-26/h9-17,21,27,29H,8,18-20H2,1-7H3,(H,34,37)(H,35,39). The minimum absolute atomic E-state index is 0.305. The SMILES string of the molecule is CCCN(C(=O)C(CCSC)NC(=O)OC(C)(C)C)C(C(=O)Nc1ccc2ccccc2c1)c1c(C)cccc1C. The third kappa shape index (κ3) is 8.73. The molecule has 0 saturated carbocycles. The second-order valence-corrected chi connectivity index (χ2v) is 12.3. The number of ether oxygens (including phenoxy) is 1. The van der Waals surface area contributed by atoms with Crippen molar-refractivity contribution in [3.63, 3.8) is 0 Å². The van der Waals surface area contributed by atoms with Crippen LogP contribution in [0, 0.1) is 13.8 Å². The van der Waals surface area contributed by atoms with Crippen molar-refractivity contribution in [1.29, 1.82) is 0 Å². The van der Waals surface area contributed by atoms with Crippen LogP contribution >= 0.6 is 11.8 Å². The van der Waals surface area contributed by atoms with Crippen LogP contribution in [0.25, 0.3) is 10.8 Å². The van der Waals surface area contributed by atoms with Crippen molar-refractivity contribution >= 4 is 46.1 Å². The number of thioether (sulfide) groups is 1. The number of benzene rings is 3. The van der Waals surface area contributed by atoms with Crippen LogP contribution in [0.4, 0.5) is 10.5 Å². The Morgan fingerprint density at radius 2 is 1.61 bits per heavy atom. The van der Waals surface area contributed by atoms with E-state index in [0.29, 0.717) is 30.8 Å². The van der Waals surface area contributed by atoms with Crippen LogP contribution in [0.2, 0.25) is 0 Å². The number of amides is 3. The smallest absolute Gasteiger partial charge is 0.408 e. The second-order valence-electron chi connectivity index (χ2n) is 11.3. The number of fused-ring (bicyclic) bond motifs is 1. The lowest BCUT2D eigenvalue weighted by molar-refractivity contribution is -0.140. The first kappa shape index (κ1) is 32.0. The lowest BCUT2D eigenvalue weighted by atomic mass is 9.93. The first-order valence-corrected chi connectivity index (χ1v) is 15.5. The molecule has 0 aliphatic heterocycles. The van der Waals surface area contributed by atoms with Crippen molar-refractivity contribution in [2.45, 2.75) is 72.1 Å². The Bertz CT molecular complexity index is 1350. The van der Waals surface area contributed by atoms with E-state index < -0.39 is 23.8 Å². The maximum atomic E-state index is 14.3. The van der Waals surface area contributed by atoms with E-state index in [2.05, 4.69) is 10.6 Å². The maximum Gasteiger partial charge on any atom is 0.408 e. The van der Waals surface area contributed by atoms with Gasteiger partial charge in [-0.15, -0.1) is 0 Å². The van der Waals surface area contributed by atoms with Gasteiger partial charge in [0.1, 0.15) is 17.7 Å². The van der Waals surface area contributed by atoms with E-state index in [4.69, 9.17) is 4.74 Å². The molecule has 7 nitrogen and oxygen atoms in total. The van der Waals surface area contributed by atoms with E-state index in [1.807, 2.05) is 87.7 Å². The molecule has 3 aromatic rings. The predicted octanol–water partition coefficient (Wildman–Crippen LogP) is 7.02. The molecule has 0 saturated heterocycles. The number of rotatable bonds is 11. The van der Waals surface area contributed by atoms with Crippen molar-refractivity contribution < 1.29 is 19.1 Å². The molecule has 220 valence electrons. The first-order valence-electron chi connectivity index (χ1n) is 14.1. The van der Waals surface area contributed by atoms with Gasteiger partial charge >= 0.3 is 6.09 Å². The molecule has 0 radical (unpaired) electrons. The maximum absolute atomic E-state index is 14.3. The molecule has 0 fully saturated rings. The van der Waals surface area contributed by atoms with Gasteiger partial charge in [0.2, 0.25) is 5.91 Å². The molecule has 3 rings (SSSR count). The Morgan fingerprint density at radius 1 is 0.951 bits per heavy atom. The number of anilines is 1. The molecule has 2 N–H and O–H groups in total. The molecule has 2 atom stereocenters. The molecule has 0 aliphatic rings. The van der Waals surface area contributed by atoms with Crippen LogP contribution < -0.4 is 10.6 Å². The topological polar surface area (TPSA) is 87.7 Å². The minimum atomic E-state index is -0.896. The average molecular weight is 578 g/mol. The van der Waals surface area contributed by atoms with Gasteiger partial charge in [-0.2, -0.15) is 11.8 Å². The molecule has 8 heteroatoms. The summed E-state index contributed by atoms with van der Waals surface area (Å²) in [7, 11) is 0. The zero-order valence-corrected chi connectivity index (χ0v) is 26.1. The Balaban J connectivity index is 2.04. The van der Waals surface area contributed by atoms with E-state index in [-0.39, 0.29) is 11.8 Å². The van der Waals surface area contributed by atoms with Crippen molar-refractivity contribution in [1.82, 2.24) is 10.2 Å². The van der Waals surface area contributed by atoms with E-state index in [9.17, 15) is 14.4 Å². The summed E-state index contributed by atoms with van der Waals surface area (Å²) in [6, 6.07) is 17.9. The summed E-state index contributed by atoms with van der Waals surface area (Å²) in [6.07, 6.45) is 2.34. The van der Waals surface area contributed by atoms with Crippen molar-refractivity contribution in [3.8, 4) is 0 Å². The first-order chi connectivity index (χ1) is 19.4. The molecule has 0 aliphatic carbocycles. The van der Waals surface area contributed by atoms with Gasteiger partial charge in [0, 0.05) is 12.2 Å². The predicted molar refractivity (Wildman–Crippen MR) is 169 cm³/mol. The van der Waals surface area contributed by atoms with Gasteiger partial charge < -0.3 is 20.3 Å². The van der Waals surface area contributed by atoms with Crippen LogP contribution in [-0.4, -0.2) is 53.0 Å². The van der Waals surface area contributed by atoms with Gasteiger partial charge in [-0.25, -0.2) is 4.79 Å². The Labute approximate surface area is 248 Å². The third-order valence-electron chi connectivity index (χ3n) is 6.74. The summed E-state index contributed by atoms with van der Waals surface area (Å²) < 4.78 is 5.48. The van der Waals surface area contributed by atoms with Crippen LogP contribution in [0.5, 0.6) is 0 Å². The molecular weight excluding hydrogens is 534 g/mol. The van der Waals surface area contributed by atoms with Gasteiger partial charge in [-0.3, -0.25) is 9.59 Å². The quantitative estimate of drug-likeness (QED) is 0.256. The number of carbonyl (C=O) groups excluding carboxylic acids is 3. The van der Waals surface area contributed by atoms with Crippen LogP contribution in [-0.2, 0) is 14.3 Å². The summed E-state index contributed by atoms with van der Waals surface area (Å²) in [5.41, 5.74) is 2.56. The summed E-state index contributed by atoms with van der Waals surface area (Å²) in [5.74, 6) is 0.0391. The van der Waals surface area contributed by atoms with E-state index >= 15 is 0 Å². The van der Waals surface area contributed by atoms with Gasteiger partial charge in [0.25, 0.3) is 5.91 Å². The normalized spacial score (nSPS) is 12.9. The van der Waals surface area contributed by atoms with Crippen LogP contribution in [0.1, 0.15) is 63.3 Å². The number of hydrogen-bond donors (Lipinski definition) is 2. The molecule has 3 aromatic carbocycles. The Morgan fingerprint density at radius 3 is 2.22 bits per heavy atom. The van der Waals surface area contributed by atoms with E-state index in [1.54, 1.807) is 37.4 Å². The number of aryl methyl sites for hydroxylation is 2. The molecule has 41 heavy (non-hydrogen) atoms. The van der Waals surface area contributed by atoms with Crippen molar-refractivity contribution in [3.05, 3.63) is 77.4 Å². The van der Waals surface area contributed by atoms with Crippen molar-refractivity contribution in [2.24, 2.45) is 0 Å². The highest BCUT2D eigenvalue weighted by atomic mass is 32.2. The zero-order chi connectivity index (χ0) is 30.2. The average Bonchev–Trinajstić information content (AvgIpc) is 2.90. The molecule has 0 spiro atoms. The highest BCUT2D eigenvalue weighted by Crippen LogP contribution is 2.31. The lowest BCUT2D eigenvalue weighted by Crippen LogP contribution is -2.53. The Kier molecular flexibility index (Phi) is 11.2. The van der Waals surface area contributed by atoms with Gasteiger partial charge in [0.05, 0.1) is 0 Å². The van der Waals surface area contributed by atoms with Crippen LogP contribution in [0.3, 0.4) is 0 Å². The summed E-state index contributed by atoms with van der Waals surface area (Å²) in [4.78, 5) is 42.9. The second kappa shape index (κ2) is 14.4. The van der Waals surface area contributed by atoms with Gasteiger partial charge in [-0.1, -0.05) is 55.5 Å². The van der Waals surface area contributed by atoms with Gasteiger partial charge in [-0.05, 0) is 99.1 Å². The third-order valence-corrected chi connectivity index (χ3v) is 7.38. The molecular formula is C33H43N3O4S. The summed E-state index contributed by atoms with van der Waals surface area (Å²) in [6.45, 7) is 11.6. The lowest BCUT2D eigenvalue weighted by Gasteiger charge is -2.35. The van der Waals surface area contributed by atoms with E-state index in [0.717, 1.165) is 27.5 Å². The fourth-order valence-electron chi connectivity index (χ4n) is 4.92. The molecule has 0 heterocycles. The minimum Gasteiger partial charge on any atom is -0.444 e. The highest BCUT2D eigenvalue weighted by Gasteiger charge is 2.37. The largest absolute Gasteiger partial charge is 0.444 e. The van der Waals surface area contributed by atoms with Crippen LogP contribution in [0.15, 0.2) is 60.7 Å². The number of hydrogen-bond acceptors (Lipinski definition) is 5. The summed E-state index contributed by atoms with van der Waals surface area (Å²) >= 11 is 1.59. The van der Waals surface area contributed by atoms with E-state index in [1.165, 1.54) is 0 Å². The fourth-order valence-corrected chi connectivity index (χ4v) is 5.39.